The number of amides is 1. The first-order valence-electron chi connectivity index (χ1n) is 12.7. The van der Waals surface area contributed by atoms with Gasteiger partial charge in [0.05, 0.1) is 11.6 Å². The van der Waals surface area contributed by atoms with Gasteiger partial charge < -0.3 is 31.5 Å². The Bertz CT molecular complexity index is 1310. The molecule has 1 aromatic carbocycles. The quantitative estimate of drug-likeness (QED) is 0.310. The lowest BCUT2D eigenvalue weighted by molar-refractivity contribution is -0.171. The van der Waals surface area contributed by atoms with Gasteiger partial charge in [-0.3, -0.25) is 19.3 Å². The highest BCUT2D eigenvalue weighted by molar-refractivity contribution is 6.25. The third-order valence-corrected chi connectivity index (χ3v) is 8.20. The van der Waals surface area contributed by atoms with Crippen molar-refractivity contribution in [1.29, 1.82) is 0 Å². The standard InChI is InChI=1S/C28H37N3O7/c1-26(2,3)12-30-11-14-8-7-13-9-15-10-27(4)22(31(5)6)21(34)18(25(29)37)24(36)28(27,38)23(35)17(15)20(33)16(13)19(14)32/h7-8,15,22,30,32-33,36,38H,9-12H2,1-6H3,(H2,29,37)/t15-,22+,27-,28-/m0/s1. The van der Waals surface area contributed by atoms with Crippen molar-refractivity contribution in [1.82, 2.24) is 10.2 Å². The number of nitrogens with two attached hydrogens (primary N) is 1. The van der Waals surface area contributed by atoms with Gasteiger partial charge >= 0.3 is 0 Å². The summed E-state index contributed by atoms with van der Waals surface area (Å²) in [5.41, 5.74) is 1.42. The number of nitrogens with one attached hydrogen (secondary N) is 1. The summed E-state index contributed by atoms with van der Waals surface area (Å²) in [6.45, 7) is 8.75. The molecule has 0 aromatic heterocycles. The zero-order valence-corrected chi connectivity index (χ0v) is 22.7. The average Bonchev–Trinajstić information content (AvgIpc) is 2.76. The number of benzene rings is 1. The summed E-state index contributed by atoms with van der Waals surface area (Å²) in [6.07, 6.45) is 0.297. The summed E-state index contributed by atoms with van der Waals surface area (Å²) < 4.78 is 0. The molecule has 0 saturated heterocycles. The zero-order chi connectivity index (χ0) is 28.5. The van der Waals surface area contributed by atoms with Crippen molar-refractivity contribution in [3.8, 4) is 5.75 Å². The second kappa shape index (κ2) is 8.93. The Morgan fingerprint density at radius 3 is 2.37 bits per heavy atom. The smallest absolute Gasteiger partial charge is 0.255 e. The number of phenols is 1. The number of phenolic OH excluding ortho intramolecular Hbond substituents is 1. The first kappa shape index (κ1) is 27.8. The minimum absolute atomic E-state index is 0.0167. The number of primary amides is 1. The van der Waals surface area contributed by atoms with Crippen LogP contribution in [0.4, 0.5) is 0 Å². The number of hydrogen-bond acceptors (Lipinski definition) is 9. The van der Waals surface area contributed by atoms with Crippen LogP contribution in [0.3, 0.4) is 0 Å². The van der Waals surface area contributed by atoms with Gasteiger partial charge in [-0.25, -0.2) is 0 Å². The Hall–Kier alpha value is -3.21. The van der Waals surface area contributed by atoms with E-state index in [9.17, 15) is 34.8 Å². The van der Waals surface area contributed by atoms with E-state index in [0.29, 0.717) is 24.2 Å². The Labute approximate surface area is 221 Å². The highest BCUT2D eigenvalue weighted by Crippen LogP contribution is 2.58. The normalized spacial score (nSPS) is 29.4. The van der Waals surface area contributed by atoms with Gasteiger partial charge in [-0.05, 0) is 43.8 Å². The van der Waals surface area contributed by atoms with Crippen LogP contribution in [0.25, 0.3) is 5.76 Å². The van der Waals surface area contributed by atoms with Crippen LogP contribution in [0.15, 0.2) is 29.0 Å². The van der Waals surface area contributed by atoms with E-state index in [4.69, 9.17) is 5.73 Å². The molecule has 0 unspecified atom stereocenters. The molecule has 1 aromatic rings. The van der Waals surface area contributed by atoms with Crippen molar-refractivity contribution >= 4 is 23.2 Å². The second-order valence-electron chi connectivity index (χ2n) is 12.4. The molecule has 1 amide bonds. The summed E-state index contributed by atoms with van der Waals surface area (Å²) in [5.74, 6) is -5.44. The fourth-order valence-corrected chi connectivity index (χ4v) is 6.56. The number of fused-ring (bicyclic) bond motifs is 3. The van der Waals surface area contributed by atoms with Crippen LogP contribution in [0.5, 0.6) is 5.75 Å². The second-order valence-corrected chi connectivity index (χ2v) is 12.4. The minimum Gasteiger partial charge on any atom is -0.508 e. The maximum Gasteiger partial charge on any atom is 0.255 e. The molecule has 4 atom stereocenters. The molecule has 10 heteroatoms. The lowest BCUT2D eigenvalue weighted by Crippen LogP contribution is -2.71. The highest BCUT2D eigenvalue weighted by Gasteiger charge is 2.70. The summed E-state index contributed by atoms with van der Waals surface area (Å²) in [6, 6.07) is 2.41. The van der Waals surface area contributed by atoms with Crippen LogP contribution in [0.1, 0.15) is 50.8 Å². The topological polar surface area (TPSA) is 173 Å². The number of aliphatic hydroxyl groups excluding tert-OH is 2. The number of ketones is 2. The molecule has 0 aliphatic heterocycles. The number of hydrogen-bond donors (Lipinski definition) is 6. The van der Waals surface area contributed by atoms with E-state index in [-0.39, 0.29) is 35.1 Å². The van der Waals surface area contributed by atoms with E-state index in [2.05, 4.69) is 26.1 Å². The number of aromatic hydroxyl groups is 1. The van der Waals surface area contributed by atoms with Gasteiger partial charge in [0.25, 0.3) is 5.91 Å². The van der Waals surface area contributed by atoms with E-state index < -0.39 is 57.5 Å². The van der Waals surface area contributed by atoms with Gasteiger partial charge in [-0.15, -0.1) is 0 Å². The lowest BCUT2D eigenvalue weighted by atomic mass is 9.50. The van der Waals surface area contributed by atoms with Gasteiger partial charge in [0.2, 0.25) is 5.78 Å². The molecule has 3 aliphatic rings. The lowest BCUT2D eigenvalue weighted by Gasteiger charge is -2.57. The van der Waals surface area contributed by atoms with Gasteiger partial charge in [0.1, 0.15) is 22.8 Å². The van der Waals surface area contributed by atoms with E-state index in [0.717, 1.165) is 0 Å². The largest absolute Gasteiger partial charge is 0.508 e. The number of aliphatic hydroxyl groups is 3. The number of carbonyl (C=O) groups is 3. The number of Topliss-reactive ketones (excluding diaryl/α,β-unsaturated/α-hetero) is 2. The van der Waals surface area contributed by atoms with Crippen LogP contribution in [0.2, 0.25) is 0 Å². The van der Waals surface area contributed by atoms with Crippen LogP contribution in [0, 0.1) is 16.7 Å². The van der Waals surface area contributed by atoms with Crippen LogP contribution in [-0.4, -0.2) is 75.1 Å². The zero-order valence-electron chi connectivity index (χ0n) is 22.7. The third-order valence-electron chi connectivity index (χ3n) is 8.20. The van der Waals surface area contributed by atoms with E-state index >= 15 is 0 Å². The van der Waals surface area contributed by atoms with Crippen molar-refractivity contribution in [3.05, 3.63) is 45.7 Å². The molecule has 7 N–H and O–H groups in total. The number of nitrogens with zero attached hydrogens (tertiary/aromatic N) is 1. The van der Waals surface area contributed by atoms with Crippen LogP contribution in [-0.2, 0) is 27.3 Å². The molecule has 0 bridgehead atoms. The van der Waals surface area contributed by atoms with E-state index in [1.807, 2.05) is 0 Å². The van der Waals surface area contributed by atoms with E-state index in [1.54, 1.807) is 26.2 Å². The van der Waals surface area contributed by atoms with Gasteiger partial charge in [0.15, 0.2) is 11.4 Å². The average molecular weight is 528 g/mol. The fourth-order valence-electron chi connectivity index (χ4n) is 6.56. The Morgan fingerprint density at radius 2 is 1.82 bits per heavy atom. The Morgan fingerprint density at radius 1 is 1.18 bits per heavy atom. The SMILES string of the molecule is CN(C)[C@@H]1C(=O)C(C(N)=O)=C(O)[C@@]2(O)C(=O)C3=C(O)c4c(ccc(CNCC(C)(C)C)c4O)C[C@H]3C[C@@]12C. The maximum atomic E-state index is 14.0. The third kappa shape index (κ3) is 3.85. The van der Waals surface area contributed by atoms with Crippen LogP contribution < -0.4 is 11.1 Å². The minimum atomic E-state index is -2.70. The fraction of sp³-hybridized carbons (Fsp3) is 0.536. The van der Waals surface area contributed by atoms with Crippen molar-refractivity contribution < 1.29 is 34.8 Å². The Kier molecular flexibility index (Phi) is 6.54. The predicted octanol–water partition coefficient (Wildman–Crippen LogP) is 1.49. The van der Waals surface area contributed by atoms with Gasteiger partial charge in [-0.2, -0.15) is 0 Å². The summed E-state index contributed by atoms with van der Waals surface area (Å²) in [5, 5.41) is 48.7. The maximum absolute atomic E-state index is 14.0. The number of carbonyl (C=O) groups excluding carboxylic acids is 3. The highest BCUT2D eigenvalue weighted by atomic mass is 16.3. The molecular formula is C28H37N3O7. The molecule has 206 valence electrons. The summed E-state index contributed by atoms with van der Waals surface area (Å²) in [7, 11) is 3.15. The van der Waals surface area contributed by atoms with Crippen molar-refractivity contribution in [2.75, 3.05) is 20.6 Å². The molecule has 0 heterocycles. The Balaban J connectivity index is 1.87. The van der Waals surface area contributed by atoms with Crippen molar-refractivity contribution in [2.45, 2.75) is 58.7 Å². The molecule has 38 heavy (non-hydrogen) atoms. The first-order valence-corrected chi connectivity index (χ1v) is 12.7. The molecule has 1 fully saturated rings. The van der Waals surface area contributed by atoms with Gasteiger partial charge in [0, 0.05) is 29.6 Å². The van der Waals surface area contributed by atoms with E-state index in [1.165, 1.54) is 11.8 Å². The van der Waals surface area contributed by atoms with Crippen LogP contribution >= 0.6 is 0 Å². The van der Waals surface area contributed by atoms with Crippen molar-refractivity contribution in [2.24, 2.45) is 22.5 Å². The van der Waals surface area contributed by atoms with Gasteiger partial charge in [-0.1, -0.05) is 39.8 Å². The molecule has 10 nitrogen and oxygen atoms in total. The number of likely N-dealkylation sites (N-methyl/N-ethyl adjacent to an activating group) is 1. The monoisotopic (exact) mass is 527 g/mol. The molecule has 4 rings (SSSR count). The number of rotatable bonds is 5. The first-order chi connectivity index (χ1) is 17.5. The summed E-state index contributed by atoms with van der Waals surface area (Å²) in [4.78, 5) is 41.0. The molecule has 0 radical (unpaired) electrons. The predicted molar refractivity (Wildman–Crippen MR) is 140 cm³/mol. The molecule has 3 aliphatic carbocycles. The summed E-state index contributed by atoms with van der Waals surface area (Å²) >= 11 is 0. The molecular weight excluding hydrogens is 490 g/mol. The van der Waals surface area contributed by atoms with Crippen molar-refractivity contribution in [3.63, 3.8) is 0 Å². The molecule has 0 spiro atoms. The molecule has 1 saturated carbocycles.